The quantitative estimate of drug-likeness (QED) is 0.797. The number of carbonyl (C=O) groups excluding carboxylic acids is 1. The molecular weight excluding hydrogens is 279 g/mol. The molecule has 4 heteroatoms. The molecule has 0 saturated heterocycles. The second-order valence-corrected chi connectivity index (χ2v) is 5.14. The molecule has 1 heterocycles. The van der Waals surface area contributed by atoms with E-state index in [1.165, 1.54) is 12.1 Å². The number of hydrogen-bond donors (Lipinski definition) is 1. The van der Waals surface area contributed by atoms with Gasteiger partial charge in [0.2, 0.25) is 0 Å². The third-order valence-corrected chi connectivity index (χ3v) is 3.55. The number of benzene rings is 2. The lowest BCUT2D eigenvalue weighted by Gasteiger charge is -2.14. The second-order valence-electron chi connectivity index (χ2n) is 5.14. The van der Waals surface area contributed by atoms with Crippen LogP contribution in [0.15, 0.2) is 60.7 Å². The molecule has 0 aliphatic heterocycles. The van der Waals surface area contributed by atoms with Crippen LogP contribution in [0, 0.1) is 5.82 Å². The average Bonchev–Trinajstić information content (AvgIpc) is 2.55. The lowest BCUT2D eigenvalue weighted by Crippen LogP contribution is -2.27. The minimum Gasteiger partial charge on any atom is -0.344 e. The van der Waals surface area contributed by atoms with Gasteiger partial charge in [0.15, 0.2) is 0 Å². The molecule has 22 heavy (non-hydrogen) atoms. The maximum absolute atomic E-state index is 12.9. The summed E-state index contributed by atoms with van der Waals surface area (Å²) in [6.45, 7) is 1.85. The predicted octanol–water partition coefficient (Wildman–Crippen LogP) is 3.86. The van der Waals surface area contributed by atoms with E-state index < -0.39 is 0 Å². The van der Waals surface area contributed by atoms with E-state index in [1.54, 1.807) is 18.2 Å². The topological polar surface area (TPSA) is 42.0 Å². The number of halogens is 1. The summed E-state index contributed by atoms with van der Waals surface area (Å²) in [6.07, 6.45) is 0. The van der Waals surface area contributed by atoms with Crippen LogP contribution in [0.2, 0.25) is 0 Å². The van der Waals surface area contributed by atoms with Crippen LogP contribution < -0.4 is 5.32 Å². The third kappa shape index (κ3) is 2.96. The van der Waals surface area contributed by atoms with Crippen molar-refractivity contribution in [2.24, 2.45) is 0 Å². The van der Waals surface area contributed by atoms with Gasteiger partial charge in [-0.05, 0) is 36.8 Å². The smallest absolute Gasteiger partial charge is 0.270 e. The van der Waals surface area contributed by atoms with E-state index in [-0.39, 0.29) is 17.8 Å². The molecule has 1 N–H and O–H groups in total. The van der Waals surface area contributed by atoms with E-state index in [0.29, 0.717) is 5.69 Å². The second kappa shape index (κ2) is 5.93. The summed E-state index contributed by atoms with van der Waals surface area (Å²) in [4.78, 5) is 16.7. The summed E-state index contributed by atoms with van der Waals surface area (Å²) < 4.78 is 12.9. The van der Waals surface area contributed by atoms with Gasteiger partial charge >= 0.3 is 0 Å². The number of fused-ring (bicyclic) bond motifs is 1. The maximum Gasteiger partial charge on any atom is 0.270 e. The van der Waals surface area contributed by atoms with Crippen molar-refractivity contribution in [2.75, 3.05) is 0 Å². The van der Waals surface area contributed by atoms with E-state index >= 15 is 0 Å². The van der Waals surface area contributed by atoms with Crippen LogP contribution in [0.3, 0.4) is 0 Å². The Balaban J connectivity index is 1.79. The first-order chi connectivity index (χ1) is 10.6. The van der Waals surface area contributed by atoms with Gasteiger partial charge < -0.3 is 5.32 Å². The highest BCUT2D eigenvalue weighted by Crippen LogP contribution is 2.15. The Morgan fingerprint density at radius 2 is 1.77 bits per heavy atom. The van der Waals surface area contributed by atoms with Crippen LogP contribution in [-0.2, 0) is 0 Å². The van der Waals surface area contributed by atoms with Crippen LogP contribution in [0.1, 0.15) is 29.0 Å². The van der Waals surface area contributed by atoms with Gasteiger partial charge in [0.25, 0.3) is 5.91 Å². The van der Waals surface area contributed by atoms with Crippen LogP contribution >= 0.6 is 0 Å². The fraction of sp³-hybridized carbons (Fsp3) is 0.111. The number of amides is 1. The van der Waals surface area contributed by atoms with Crippen LogP contribution in [-0.4, -0.2) is 10.9 Å². The highest BCUT2D eigenvalue weighted by atomic mass is 19.1. The Kier molecular flexibility index (Phi) is 3.83. The molecule has 3 aromatic rings. The van der Waals surface area contributed by atoms with Crippen molar-refractivity contribution in [2.45, 2.75) is 13.0 Å². The minimum atomic E-state index is -0.293. The number of nitrogens with one attached hydrogen (secondary N) is 1. The monoisotopic (exact) mass is 294 g/mol. The van der Waals surface area contributed by atoms with Crippen molar-refractivity contribution in [1.29, 1.82) is 0 Å². The van der Waals surface area contributed by atoms with Crippen molar-refractivity contribution >= 4 is 16.8 Å². The molecule has 1 unspecified atom stereocenters. The summed E-state index contributed by atoms with van der Waals surface area (Å²) in [5.41, 5.74) is 1.99. The van der Waals surface area contributed by atoms with Crippen molar-refractivity contribution in [1.82, 2.24) is 10.3 Å². The van der Waals surface area contributed by atoms with E-state index in [2.05, 4.69) is 10.3 Å². The zero-order valence-electron chi connectivity index (χ0n) is 12.1. The number of pyridine rings is 1. The largest absolute Gasteiger partial charge is 0.344 e. The minimum absolute atomic E-state index is 0.221. The summed E-state index contributed by atoms with van der Waals surface area (Å²) in [7, 11) is 0. The van der Waals surface area contributed by atoms with Gasteiger partial charge in [-0.1, -0.05) is 36.4 Å². The summed E-state index contributed by atoms with van der Waals surface area (Å²) in [6, 6.07) is 17.1. The van der Waals surface area contributed by atoms with Gasteiger partial charge in [0.1, 0.15) is 11.5 Å². The first kappa shape index (κ1) is 14.2. The van der Waals surface area contributed by atoms with Gasteiger partial charge in [-0.3, -0.25) is 4.79 Å². The standard InChI is InChI=1S/C18H15FN2O/c1-12(13-6-9-15(19)10-7-13)20-18(22)17-11-8-14-4-2-3-5-16(14)21-17/h2-12H,1H3,(H,20,22). The molecule has 0 bridgehead atoms. The lowest BCUT2D eigenvalue weighted by molar-refractivity contribution is 0.0935. The van der Waals surface area contributed by atoms with Gasteiger partial charge in [-0.25, -0.2) is 9.37 Å². The summed E-state index contributed by atoms with van der Waals surface area (Å²) >= 11 is 0. The number of carbonyl (C=O) groups is 1. The zero-order valence-corrected chi connectivity index (χ0v) is 12.1. The Hall–Kier alpha value is -2.75. The first-order valence-corrected chi connectivity index (χ1v) is 7.05. The molecule has 3 rings (SSSR count). The molecule has 2 aromatic carbocycles. The van der Waals surface area contributed by atoms with Crippen LogP contribution in [0.25, 0.3) is 10.9 Å². The highest BCUT2D eigenvalue weighted by molar-refractivity contribution is 5.95. The summed E-state index contributed by atoms with van der Waals surface area (Å²) in [5, 5.41) is 3.86. The molecule has 1 atom stereocenters. The Morgan fingerprint density at radius 3 is 2.55 bits per heavy atom. The van der Waals surface area contributed by atoms with Gasteiger partial charge in [0, 0.05) is 5.39 Å². The molecule has 0 aliphatic carbocycles. The number of para-hydroxylation sites is 1. The number of aromatic nitrogens is 1. The van der Waals surface area contributed by atoms with Gasteiger partial charge in [-0.15, -0.1) is 0 Å². The first-order valence-electron chi connectivity index (χ1n) is 7.05. The van der Waals surface area contributed by atoms with E-state index in [0.717, 1.165) is 16.5 Å². The third-order valence-electron chi connectivity index (χ3n) is 3.55. The van der Waals surface area contributed by atoms with E-state index in [9.17, 15) is 9.18 Å². The van der Waals surface area contributed by atoms with Gasteiger partial charge in [-0.2, -0.15) is 0 Å². The highest BCUT2D eigenvalue weighted by Gasteiger charge is 2.13. The Labute approximate surface area is 127 Å². The molecule has 0 spiro atoms. The van der Waals surface area contributed by atoms with Crippen LogP contribution in [0.4, 0.5) is 4.39 Å². The van der Waals surface area contributed by atoms with Crippen molar-refractivity contribution in [3.8, 4) is 0 Å². The fourth-order valence-corrected chi connectivity index (χ4v) is 2.30. The normalized spacial score (nSPS) is 12.1. The van der Waals surface area contributed by atoms with Crippen molar-refractivity contribution in [3.05, 3.63) is 77.7 Å². The Morgan fingerprint density at radius 1 is 1.05 bits per heavy atom. The SMILES string of the molecule is CC(NC(=O)c1ccc2ccccc2n1)c1ccc(F)cc1. The van der Waals surface area contributed by atoms with Crippen molar-refractivity contribution in [3.63, 3.8) is 0 Å². The lowest BCUT2D eigenvalue weighted by atomic mass is 10.1. The van der Waals surface area contributed by atoms with E-state index in [4.69, 9.17) is 0 Å². The van der Waals surface area contributed by atoms with Gasteiger partial charge in [0.05, 0.1) is 11.6 Å². The molecule has 1 amide bonds. The number of hydrogen-bond acceptors (Lipinski definition) is 2. The average molecular weight is 294 g/mol. The molecule has 0 aliphatic rings. The zero-order chi connectivity index (χ0) is 15.5. The number of rotatable bonds is 3. The van der Waals surface area contributed by atoms with E-state index in [1.807, 2.05) is 37.3 Å². The molecular formula is C18H15FN2O. The molecule has 3 nitrogen and oxygen atoms in total. The molecule has 0 fully saturated rings. The van der Waals surface area contributed by atoms with Crippen LogP contribution in [0.5, 0.6) is 0 Å². The maximum atomic E-state index is 12.9. The Bertz CT molecular complexity index is 815. The predicted molar refractivity (Wildman–Crippen MR) is 84.0 cm³/mol. The number of nitrogens with zero attached hydrogens (tertiary/aromatic N) is 1. The summed E-state index contributed by atoms with van der Waals surface area (Å²) in [5.74, 6) is -0.541. The van der Waals surface area contributed by atoms with Crippen molar-refractivity contribution < 1.29 is 9.18 Å². The molecule has 0 radical (unpaired) electrons. The molecule has 0 saturated carbocycles. The molecule has 1 aromatic heterocycles. The fourth-order valence-electron chi connectivity index (χ4n) is 2.30. The molecule has 110 valence electrons.